The van der Waals surface area contributed by atoms with Crippen molar-refractivity contribution in [2.24, 2.45) is 0 Å². The van der Waals surface area contributed by atoms with Gasteiger partial charge >= 0.3 is 0 Å². The van der Waals surface area contributed by atoms with Gasteiger partial charge in [-0.25, -0.2) is 5.11 Å². The molecule has 0 aliphatic heterocycles. The summed E-state index contributed by atoms with van der Waals surface area (Å²) in [7, 11) is 0. The quantitative estimate of drug-likeness (QED) is 0.232. The van der Waals surface area contributed by atoms with Crippen LogP contribution in [0.4, 0.5) is 0 Å². The van der Waals surface area contributed by atoms with Crippen molar-refractivity contribution in [2.45, 2.75) is 40.0 Å². The van der Waals surface area contributed by atoms with Crippen LogP contribution in [0.3, 0.4) is 0 Å². The van der Waals surface area contributed by atoms with E-state index in [1.54, 1.807) is 0 Å². The van der Waals surface area contributed by atoms with Crippen LogP contribution in [0.15, 0.2) is 18.2 Å². The topological polar surface area (TPSA) is 19.9 Å². The van der Waals surface area contributed by atoms with Gasteiger partial charge in [-0.15, -0.1) is 0 Å². The molecule has 0 spiro atoms. The summed E-state index contributed by atoms with van der Waals surface area (Å²) >= 11 is 112. The van der Waals surface area contributed by atoms with Gasteiger partial charge in [-0.2, -0.15) is 0 Å². The minimum absolute atomic E-state index is 0.0734. The van der Waals surface area contributed by atoms with E-state index < -0.39 is 40.2 Å². The Morgan fingerprint density at radius 1 is 0.486 bits per heavy atom. The van der Waals surface area contributed by atoms with E-state index in [0.29, 0.717) is 0 Å². The molecule has 0 bridgehead atoms. The molecular formula is C16H7Cl18O. The fraction of sp³-hybridized carbons (Fsp3) is 0.625. The van der Waals surface area contributed by atoms with Crippen LogP contribution in [0.5, 0.6) is 0 Å². The van der Waals surface area contributed by atoms with E-state index in [4.69, 9.17) is 209 Å². The molecule has 203 valence electrons. The van der Waals surface area contributed by atoms with Crippen LogP contribution in [0.1, 0.15) is 16.7 Å². The van der Waals surface area contributed by atoms with Crippen molar-refractivity contribution >= 4 is 209 Å². The number of rotatable bonds is 8. The Morgan fingerprint density at radius 2 is 0.771 bits per heavy atom. The van der Waals surface area contributed by atoms with Crippen LogP contribution in [0.2, 0.25) is 0 Å². The normalized spacial score (nSPS) is 15.5. The van der Waals surface area contributed by atoms with E-state index in [1.807, 2.05) is 0 Å². The van der Waals surface area contributed by atoms with E-state index in [2.05, 4.69) is 0 Å². The van der Waals surface area contributed by atoms with Gasteiger partial charge in [0.2, 0.25) is 16.3 Å². The molecule has 0 amide bonds. The molecule has 0 saturated heterocycles. The highest BCUT2D eigenvalue weighted by Crippen LogP contribution is 2.68. The third-order valence-corrected chi connectivity index (χ3v) is 15.4. The Bertz CT molecular complexity index is 842. The molecule has 0 heterocycles. The number of benzene rings is 1. The molecule has 0 fully saturated rings. The Morgan fingerprint density at radius 3 is 1.00 bits per heavy atom. The maximum absolute atomic E-state index is 11.7. The van der Waals surface area contributed by atoms with Gasteiger partial charge in [0, 0.05) is 0 Å². The molecule has 1 aromatic carbocycles. The third kappa shape index (κ3) is 6.66. The highest BCUT2D eigenvalue weighted by molar-refractivity contribution is 6.81. The molecular weight excluding hydrogens is 846 g/mol. The fourth-order valence-electron chi connectivity index (χ4n) is 2.64. The van der Waals surface area contributed by atoms with Crippen LogP contribution in [0.25, 0.3) is 0 Å². The molecule has 35 heavy (non-hydrogen) atoms. The predicted molar refractivity (Wildman–Crippen MR) is 161 cm³/mol. The van der Waals surface area contributed by atoms with Gasteiger partial charge in [-0.3, -0.25) is 0 Å². The zero-order chi connectivity index (χ0) is 28.3. The lowest BCUT2D eigenvalue weighted by molar-refractivity contribution is 0.196. The van der Waals surface area contributed by atoms with Crippen molar-refractivity contribution in [2.75, 3.05) is 6.61 Å². The maximum Gasteiger partial charge on any atom is 0.226 e. The van der Waals surface area contributed by atoms with Gasteiger partial charge in [0.25, 0.3) is 0 Å². The summed E-state index contributed by atoms with van der Waals surface area (Å²) in [6.07, 6.45) is -0.363. The second kappa shape index (κ2) is 12.2. The monoisotopic (exact) mass is 844 g/mol. The molecule has 0 aromatic heterocycles. The average molecular weight is 853 g/mol. The molecule has 0 unspecified atom stereocenters. The van der Waals surface area contributed by atoms with E-state index >= 15 is 0 Å². The van der Waals surface area contributed by atoms with Crippen LogP contribution in [-0.2, 0) is 20.2 Å². The first-order valence-corrected chi connectivity index (χ1v) is 15.1. The van der Waals surface area contributed by atoms with Crippen LogP contribution < -0.4 is 0 Å². The van der Waals surface area contributed by atoms with Gasteiger partial charge in [-0.1, -0.05) is 227 Å². The molecule has 0 aliphatic carbocycles. The number of hydrogen-bond acceptors (Lipinski definition) is 0. The lowest BCUT2D eigenvalue weighted by atomic mass is 9.90. The minimum atomic E-state index is -2.67. The molecule has 0 saturated carbocycles. The summed E-state index contributed by atoms with van der Waals surface area (Å²) in [5.41, 5.74) is -0.467. The highest BCUT2D eigenvalue weighted by atomic mass is 35.6. The van der Waals surface area contributed by atoms with Crippen molar-refractivity contribution < 1.29 is 5.11 Å². The third-order valence-electron chi connectivity index (χ3n) is 4.49. The Balaban J connectivity index is 3.99. The summed E-state index contributed by atoms with van der Waals surface area (Å²) in [6, 6.07) is 3.88. The molecule has 1 aromatic rings. The zero-order valence-electron chi connectivity index (χ0n) is 15.9. The van der Waals surface area contributed by atoms with Gasteiger partial charge in [0.1, 0.15) is 0 Å². The molecule has 0 aliphatic rings. The summed E-state index contributed by atoms with van der Waals surface area (Å²) in [5, 5.41) is 11.7. The summed E-state index contributed by atoms with van der Waals surface area (Å²) in [6.45, 7) is -0.776. The molecule has 19 heteroatoms. The first-order valence-electron chi connectivity index (χ1n) is 8.29. The largest absolute Gasteiger partial charge is 0.236 e. The second-order valence-corrected chi connectivity index (χ2v) is 19.3. The molecule has 0 N–H and O–H groups in total. The molecule has 1 radical (unpaired) electrons. The van der Waals surface area contributed by atoms with E-state index in [1.165, 1.54) is 18.2 Å². The van der Waals surface area contributed by atoms with Crippen molar-refractivity contribution in [3.05, 3.63) is 34.9 Å². The Hall–Kier alpha value is 4.40. The Labute approximate surface area is 291 Å². The number of halogens is 18. The van der Waals surface area contributed by atoms with Crippen LogP contribution >= 0.6 is 209 Å². The second-order valence-electron chi connectivity index (χ2n) is 6.73. The van der Waals surface area contributed by atoms with Gasteiger partial charge in [-0.05, 0) is 23.1 Å². The summed E-state index contributed by atoms with van der Waals surface area (Å²) < 4.78 is -20.7. The van der Waals surface area contributed by atoms with E-state index in [9.17, 15) is 5.11 Å². The summed E-state index contributed by atoms with van der Waals surface area (Å²) in [5.74, 6) is 0. The summed E-state index contributed by atoms with van der Waals surface area (Å²) in [4.78, 5) is 0. The van der Waals surface area contributed by atoms with Crippen molar-refractivity contribution in [1.82, 2.24) is 0 Å². The standard InChI is InChI=1S/C16H7Cl18O/c17-9(18,11(21,22)13(25,26)15(29,30)31)7-2-1-3-8(6(7)4-5-35)10(19,20)12(23,24)14(27,28)16(32,33)34/h1-3H,4-5H2. The fourth-order valence-corrected chi connectivity index (χ4v) is 7.27. The average Bonchev–Trinajstić information content (AvgIpc) is 2.65. The van der Waals surface area contributed by atoms with Crippen molar-refractivity contribution in [3.8, 4) is 0 Å². The Kier molecular flexibility index (Phi) is 13.0. The molecule has 1 rings (SSSR count). The van der Waals surface area contributed by atoms with Gasteiger partial charge in [0.05, 0.1) is 6.61 Å². The number of hydrogen-bond donors (Lipinski definition) is 0. The molecule has 0 atom stereocenters. The van der Waals surface area contributed by atoms with Crippen LogP contribution in [0, 0.1) is 0 Å². The van der Waals surface area contributed by atoms with Crippen LogP contribution in [-0.4, -0.2) is 31.5 Å². The van der Waals surface area contributed by atoms with E-state index in [0.717, 1.165) is 0 Å². The minimum Gasteiger partial charge on any atom is -0.236 e. The van der Waals surface area contributed by atoms with Crippen molar-refractivity contribution in [1.29, 1.82) is 0 Å². The SMILES string of the molecule is [O]CCc1c(C(Cl)(Cl)C(Cl)(Cl)C(Cl)(Cl)C(Cl)(Cl)Cl)cccc1C(Cl)(Cl)C(Cl)(Cl)C(Cl)(Cl)C(Cl)(Cl)Cl. The number of alkyl halides is 18. The molecule has 1 nitrogen and oxygen atoms in total. The van der Waals surface area contributed by atoms with E-state index in [-0.39, 0.29) is 23.1 Å². The van der Waals surface area contributed by atoms with Gasteiger partial charge in [0.15, 0.2) is 17.3 Å². The smallest absolute Gasteiger partial charge is 0.226 e. The van der Waals surface area contributed by atoms with Gasteiger partial charge < -0.3 is 0 Å². The zero-order valence-corrected chi connectivity index (χ0v) is 29.5. The predicted octanol–water partition coefficient (Wildman–Crippen LogP) is 12.4. The van der Waals surface area contributed by atoms with Crippen molar-refractivity contribution in [3.63, 3.8) is 0 Å². The maximum atomic E-state index is 11.7. The highest BCUT2D eigenvalue weighted by Gasteiger charge is 2.71. The lowest BCUT2D eigenvalue weighted by Gasteiger charge is -2.46. The first kappa shape index (κ1) is 37.4. The lowest BCUT2D eigenvalue weighted by Crippen LogP contribution is -2.56. The first-order chi connectivity index (χ1) is 15.2.